The number of hydrogen-bond acceptors (Lipinski definition) is 7. The van der Waals surface area contributed by atoms with Crippen LogP contribution in [0.15, 0.2) is 77.7 Å². The molecule has 0 aromatic heterocycles. The smallest absolute Gasteiger partial charge is 0.261 e. The molecule has 0 unspecified atom stereocenters. The van der Waals surface area contributed by atoms with Crippen molar-refractivity contribution in [1.82, 2.24) is 15.1 Å². The maximum Gasteiger partial charge on any atom is 0.261 e. The molecule has 0 aliphatic carbocycles. The van der Waals surface area contributed by atoms with Crippen LogP contribution in [0.3, 0.4) is 0 Å². The number of ether oxygens (including phenoxy) is 2. The van der Waals surface area contributed by atoms with Gasteiger partial charge in [-0.3, -0.25) is 19.2 Å². The van der Waals surface area contributed by atoms with Crippen LogP contribution in [0.25, 0.3) is 0 Å². The Balaban J connectivity index is 1.37. The van der Waals surface area contributed by atoms with Crippen molar-refractivity contribution >= 4 is 27.5 Å². The van der Waals surface area contributed by atoms with E-state index < -0.39 is 40.2 Å². The van der Waals surface area contributed by atoms with Gasteiger partial charge in [0, 0.05) is 38.4 Å². The number of morpholine rings is 1. The molecule has 0 radical (unpaired) electrons. The van der Waals surface area contributed by atoms with Gasteiger partial charge in [0.2, 0.25) is 5.91 Å². The Morgan fingerprint density at radius 2 is 1.56 bits per heavy atom. The summed E-state index contributed by atoms with van der Waals surface area (Å²) >= 11 is 0. The van der Waals surface area contributed by atoms with Crippen LogP contribution < -0.4 is 14.8 Å². The van der Waals surface area contributed by atoms with Gasteiger partial charge in [-0.15, -0.1) is 0 Å². The van der Waals surface area contributed by atoms with Crippen molar-refractivity contribution in [3.63, 3.8) is 0 Å². The zero-order valence-electron chi connectivity index (χ0n) is 23.7. The third kappa shape index (κ3) is 9.46. The van der Waals surface area contributed by atoms with E-state index >= 15 is 0 Å². The first kappa shape index (κ1) is 31.9. The average Bonchev–Trinajstić information content (AvgIpc) is 3.01. The molecule has 4 rings (SSSR count). The summed E-state index contributed by atoms with van der Waals surface area (Å²) < 4.78 is 65.3. The van der Waals surface area contributed by atoms with Crippen LogP contribution in [0.5, 0.6) is 5.75 Å². The fraction of sp³-hybridized carbons (Fsp3) is 0.333. The Morgan fingerprint density at radius 1 is 0.953 bits per heavy atom. The number of nitrogens with zero attached hydrogens (tertiary/aromatic N) is 2. The molecule has 43 heavy (non-hydrogen) atoms. The Bertz CT molecular complexity index is 1470. The molecule has 1 fully saturated rings. The molecule has 3 aromatic rings. The van der Waals surface area contributed by atoms with Gasteiger partial charge in [-0.05, 0) is 73.2 Å². The summed E-state index contributed by atoms with van der Waals surface area (Å²) in [7, 11) is -3.94. The van der Waals surface area contributed by atoms with Crippen molar-refractivity contribution < 1.29 is 36.3 Å². The molecular weight excluding hydrogens is 582 g/mol. The van der Waals surface area contributed by atoms with E-state index in [2.05, 4.69) is 14.9 Å². The number of sulfonamides is 1. The van der Waals surface area contributed by atoms with E-state index in [9.17, 15) is 26.8 Å². The van der Waals surface area contributed by atoms with Crippen LogP contribution in [0, 0.1) is 11.6 Å². The lowest BCUT2D eigenvalue weighted by Crippen LogP contribution is -2.50. The molecule has 3 aromatic carbocycles. The molecule has 0 saturated carbocycles. The highest BCUT2D eigenvalue weighted by Gasteiger charge is 2.27. The SMILES string of the molecule is C[C@H](C(=O)NCCN1CCOCC1)N(Cc1ccc(F)cc1)C(=O)COc1ccc(S(=O)(=O)Nc2ccc(F)cc2)cc1. The second-order valence-electron chi connectivity index (χ2n) is 9.94. The third-order valence-corrected chi connectivity index (χ3v) is 8.25. The van der Waals surface area contributed by atoms with E-state index in [-0.39, 0.29) is 28.8 Å². The van der Waals surface area contributed by atoms with Gasteiger partial charge in [-0.2, -0.15) is 0 Å². The van der Waals surface area contributed by atoms with Crippen LogP contribution in [0.1, 0.15) is 12.5 Å². The molecule has 2 N–H and O–H groups in total. The molecule has 0 bridgehead atoms. The monoisotopic (exact) mass is 616 g/mol. The molecule has 1 aliphatic heterocycles. The van der Waals surface area contributed by atoms with E-state index in [0.717, 1.165) is 25.2 Å². The molecule has 230 valence electrons. The molecular formula is C30H34F2N4O6S. The van der Waals surface area contributed by atoms with Crippen molar-refractivity contribution in [2.45, 2.75) is 24.4 Å². The van der Waals surface area contributed by atoms with Crippen LogP contribution >= 0.6 is 0 Å². The summed E-state index contributed by atoms with van der Waals surface area (Å²) in [6.07, 6.45) is 0. The highest BCUT2D eigenvalue weighted by atomic mass is 32.2. The number of carbonyl (C=O) groups is 2. The Labute approximate surface area is 249 Å². The lowest BCUT2D eigenvalue weighted by molar-refractivity contribution is -0.142. The maximum absolute atomic E-state index is 13.5. The van der Waals surface area contributed by atoms with Crippen LogP contribution in [0.2, 0.25) is 0 Å². The zero-order chi connectivity index (χ0) is 30.8. The standard InChI is InChI=1S/C30H34F2N4O6S/c1-22(30(38)33-14-15-35-16-18-41-19-17-35)36(20-23-2-4-24(31)5-3-23)29(37)21-42-27-10-12-28(13-11-27)43(39,40)34-26-8-6-25(32)7-9-26/h2-13,22,34H,14-21H2,1H3,(H,33,38)/t22-/m1/s1. The van der Waals surface area contributed by atoms with Crippen molar-refractivity contribution in [3.05, 3.63) is 90.0 Å². The van der Waals surface area contributed by atoms with Gasteiger partial charge in [0.05, 0.1) is 18.1 Å². The number of amides is 2. The summed E-state index contributed by atoms with van der Waals surface area (Å²) in [4.78, 5) is 29.8. The number of carbonyl (C=O) groups excluding carboxylic acids is 2. The molecule has 0 spiro atoms. The summed E-state index contributed by atoms with van der Waals surface area (Å²) in [6.45, 7) is 5.17. The van der Waals surface area contributed by atoms with Gasteiger partial charge >= 0.3 is 0 Å². The third-order valence-electron chi connectivity index (χ3n) is 6.86. The lowest BCUT2D eigenvalue weighted by atomic mass is 10.1. The van der Waals surface area contributed by atoms with Gasteiger partial charge < -0.3 is 19.7 Å². The first-order valence-electron chi connectivity index (χ1n) is 13.7. The number of nitrogens with one attached hydrogen (secondary N) is 2. The van der Waals surface area contributed by atoms with E-state index in [1.165, 1.54) is 53.4 Å². The molecule has 13 heteroatoms. The molecule has 1 aliphatic rings. The zero-order valence-corrected chi connectivity index (χ0v) is 24.5. The van der Waals surface area contributed by atoms with Crippen molar-refractivity contribution in [3.8, 4) is 5.75 Å². The minimum absolute atomic E-state index is 0.0484. The average molecular weight is 617 g/mol. The molecule has 1 saturated heterocycles. The number of halogens is 2. The minimum Gasteiger partial charge on any atom is -0.484 e. The first-order chi connectivity index (χ1) is 20.6. The normalized spacial score (nSPS) is 14.5. The van der Waals surface area contributed by atoms with Crippen LogP contribution in [-0.2, 0) is 30.9 Å². The van der Waals surface area contributed by atoms with Crippen molar-refractivity contribution in [1.29, 1.82) is 0 Å². The number of rotatable bonds is 13. The number of benzene rings is 3. The van der Waals surface area contributed by atoms with E-state index in [1.54, 1.807) is 19.1 Å². The second-order valence-corrected chi connectivity index (χ2v) is 11.6. The maximum atomic E-state index is 13.5. The van der Waals surface area contributed by atoms with Crippen LogP contribution in [0.4, 0.5) is 14.5 Å². The number of hydrogen-bond donors (Lipinski definition) is 2. The fourth-order valence-electron chi connectivity index (χ4n) is 4.35. The van der Waals surface area contributed by atoms with Crippen molar-refractivity contribution in [2.24, 2.45) is 0 Å². The van der Waals surface area contributed by atoms with E-state index in [1.807, 2.05) is 0 Å². The Kier molecular flexibility index (Phi) is 11.0. The summed E-state index contributed by atoms with van der Waals surface area (Å²) in [5, 5.41) is 2.88. The molecule has 2 amide bonds. The fourth-order valence-corrected chi connectivity index (χ4v) is 5.41. The highest BCUT2D eigenvalue weighted by Crippen LogP contribution is 2.20. The number of anilines is 1. The van der Waals surface area contributed by atoms with Gasteiger partial charge in [0.15, 0.2) is 6.61 Å². The molecule has 10 nitrogen and oxygen atoms in total. The summed E-state index contributed by atoms with van der Waals surface area (Å²) in [5.74, 6) is -1.51. The van der Waals surface area contributed by atoms with Gasteiger partial charge in [0.25, 0.3) is 15.9 Å². The molecule has 1 atom stereocenters. The minimum atomic E-state index is -3.94. The summed E-state index contributed by atoms with van der Waals surface area (Å²) in [6, 6.07) is 15.1. The topological polar surface area (TPSA) is 117 Å². The second kappa shape index (κ2) is 14.9. The predicted molar refractivity (Wildman–Crippen MR) is 156 cm³/mol. The van der Waals surface area contributed by atoms with Gasteiger partial charge in [0.1, 0.15) is 23.4 Å². The lowest BCUT2D eigenvalue weighted by Gasteiger charge is -2.30. The Morgan fingerprint density at radius 3 is 2.19 bits per heavy atom. The molecule has 1 heterocycles. The van der Waals surface area contributed by atoms with Crippen LogP contribution in [-0.4, -0.2) is 82.1 Å². The highest BCUT2D eigenvalue weighted by molar-refractivity contribution is 7.92. The largest absolute Gasteiger partial charge is 0.484 e. The van der Waals surface area contributed by atoms with E-state index in [4.69, 9.17) is 9.47 Å². The van der Waals surface area contributed by atoms with Crippen molar-refractivity contribution in [2.75, 3.05) is 50.7 Å². The summed E-state index contributed by atoms with van der Waals surface area (Å²) in [5.41, 5.74) is 0.832. The Hall–Kier alpha value is -4.07. The quantitative estimate of drug-likeness (QED) is 0.303. The first-order valence-corrected chi connectivity index (χ1v) is 15.2. The van der Waals surface area contributed by atoms with Gasteiger partial charge in [-0.1, -0.05) is 12.1 Å². The van der Waals surface area contributed by atoms with E-state index in [0.29, 0.717) is 31.9 Å². The van der Waals surface area contributed by atoms with Gasteiger partial charge in [-0.25, -0.2) is 17.2 Å². The predicted octanol–water partition coefficient (Wildman–Crippen LogP) is 3.01.